The smallest absolute Gasteiger partial charge is 0.407 e. The third-order valence-electron chi connectivity index (χ3n) is 7.58. The van der Waals surface area contributed by atoms with Crippen molar-refractivity contribution in [1.82, 2.24) is 30.3 Å². The number of ether oxygens (including phenoxy) is 1. The zero-order valence-corrected chi connectivity index (χ0v) is 23.8. The fourth-order valence-corrected chi connectivity index (χ4v) is 5.66. The summed E-state index contributed by atoms with van der Waals surface area (Å²) in [4.78, 5) is 16.7. The van der Waals surface area contributed by atoms with Crippen LogP contribution in [0.5, 0.6) is 0 Å². The standard InChI is InChI=1S/C31H36N8O2/c1-31(2,3)41-30(40)34-23-14-11-19-12-16-24(17-21(19)13-15-23)33-29-35-28(32)39(38-29)26-18-22-9-6-8-20-7-4-5-10-25(20)27(22)37-36-26/h4-5,7,10,12,16-18,23H,6,8-9,11,13-15H2,1-3H3,(H,34,40)(H3,32,33,35,38)/t23-/m1/s1. The van der Waals surface area contributed by atoms with Crippen LogP contribution in [-0.4, -0.2) is 42.7 Å². The molecule has 0 saturated heterocycles. The molecule has 1 atom stereocenters. The van der Waals surface area contributed by atoms with E-state index in [4.69, 9.17) is 10.5 Å². The van der Waals surface area contributed by atoms with Gasteiger partial charge in [0.05, 0.1) is 5.69 Å². The molecule has 10 nitrogen and oxygen atoms in total. The van der Waals surface area contributed by atoms with Gasteiger partial charge in [-0.15, -0.1) is 15.3 Å². The van der Waals surface area contributed by atoms with E-state index >= 15 is 0 Å². The SMILES string of the molecule is CC(C)(C)OC(=O)N[C@@H]1CCc2ccc(Nc3nc(N)n(-c4cc5c(nn4)-c4ccccc4CCC5)n3)cc2CC1. The Labute approximate surface area is 239 Å². The first-order valence-electron chi connectivity index (χ1n) is 14.3. The van der Waals surface area contributed by atoms with Gasteiger partial charge in [-0.2, -0.15) is 9.67 Å². The van der Waals surface area contributed by atoms with Crippen molar-refractivity contribution in [1.29, 1.82) is 0 Å². The summed E-state index contributed by atoms with van der Waals surface area (Å²) in [6.45, 7) is 5.61. The number of anilines is 3. The number of nitrogens with two attached hydrogens (primary N) is 1. The van der Waals surface area contributed by atoms with Gasteiger partial charge in [-0.1, -0.05) is 30.3 Å². The quantitative estimate of drug-likeness (QED) is 0.290. The summed E-state index contributed by atoms with van der Waals surface area (Å²) in [5.74, 6) is 1.18. The number of hydrogen-bond acceptors (Lipinski definition) is 8. The Bertz CT molecular complexity index is 1590. The molecule has 10 heteroatoms. The lowest BCUT2D eigenvalue weighted by atomic mass is 10.0. The molecule has 0 saturated carbocycles. The molecule has 41 heavy (non-hydrogen) atoms. The van der Waals surface area contributed by atoms with Crippen molar-refractivity contribution in [2.75, 3.05) is 11.1 Å². The Morgan fingerprint density at radius 2 is 1.73 bits per heavy atom. The van der Waals surface area contributed by atoms with Gasteiger partial charge in [0, 0.05) is 17.3 Å². The maximum atomic E-state index is 12.3. The topological polar surface area (TPSA) is 133 Å². The van der Waals surface area contributed by atoms with Crippen LogP contribution in [0.15, 0.2) is 48.5 Å². The summed E-state index contributed by atoms with van der Waals surface area (Å²) in [7, 11) is 0. The Morgan fingerprint density at radius 3 is 2.56 bits per heavy atom. The predicted molar refractivity (Wildman–Crippen MR) is 158 cm³/mol. The van der Waals surface area contributed by atoms with Gasteiger partial charge in [-0.3, -0.25) is 0 Å². The molecule has 2 aromatic heterocycles. The molecular formula is C31H36N8O2. The van der Waals surface area contributed by atoms with Crippen LogP contribution in [0.4, 0.5) is 22.4 Å². The summed E-state index contributed by atoms with van der Waals surface area (Å²) >= 11 is 0. The van der Waals surface area contributed by atoms with Crippen molar-refractivity contribution >= 4 is 23.7 Å². The van der Waals surface area contributed by atoms with Gasteiger partial charge in [0.25, 0.3) is 0 Å². The molecule has 4 N–H and O–H groups in total. The van der Waals surface area contributed by atoms with E-state index in [1.165, 1.54) is 21.4 Å². The highest BCUT2D eigenvalue weighted by Gasteiger charge is 2.23. The van der Waals surface area contributed by atoms with E-state index in [0.717, 1.165) is 67.5 Å². The van der Waals surface area contributed by atoms with E-state index in [-0.39, 0.29) is 18.1 Å². The fraction of sp³-hybridized carbons (Fsp3) is 0.387. The number of rotatable bonds is 4. The number of carbonyl (C=O) groups is 1. The number of fused-ring (bicyclic) bond motifs is 4. The average molecular weight is 553 g/mol. The molecule has 2 aromatic carbocycles. The monoisotopic (exact) mass is 552 g/mol. The lowest BCUT2D eigenvalue weighted by Gasteiger charge is -2.22. The number of nitrogens with one attached hydrogen (secondary N) is 2. The maximum absolute atomic E-state index is 12.3. The van der Waals surface area contributed by atoms with Crippen molar-refractivity contribution in [2.24, 2.45) is 0 Å². The van der Waals surface area contributed by atoms with E-state index in [1.807, 2.05) is 39.0 Å². The number of nitrogens with zero attached hydrogens (tertiary/aromatic N) is 5. The summed E-state index contributed by atoms with van der Waals surface area (Å²) in [6, 6.07) is 16.7. The number of hydrogen-bond donors (Lipinski definition) is 3. The van der Waals surface area contributed by atoms with Crippen LogP contribution in [0.2, 0.25) is 0 Å². The molecule has 0 unspecified atom stereocenters. The lowest BCUT2D eigenvalue weighted by molar-refractivity contribution is 0.0500. The summed E-state index contributed by atoms with van der Waals surface area (Å²) in [6.07, 6.45) is 6.06. The minimum absolute atomic E-state index is 0.0707. The van der Waals surface area contributed by atoms with E-state index in [0.29, 0.717) is 11.8 Å². The Morgan fingerprint density at radius 1 is 0.951 bits per heavy atom. The van der Waals surface area contributed by atoms with E-state index in [2.05, 4.69) is 61.2 Å². The fourth-order valence-electron chi connectivity index (χ4n) is 5.66. The number of aryl methyl sites for hydroxylation is 4. The maximum Gasteiger partial charge on any atom is 0.407 e. The summed E-state index contributed by atoms with van der Waals surface area (Å²) in [5, 5.41) is 20.0. The Kier molecular flexibility index (Phi) is 7.07. The third kappa shape index (κ3) is 6.01. The zero-order chi connectivity index (χ0) is 28.6. The number of alkyl carbamates (subject to hydrolysis) is 1. The number of nitrogen functional groups attached to an aromatic ring is 1. The van der Waals surface area contributed by atoms with Crippen LogP contribution in [0.1, 0.15) is 62.3 Å². The first-order chi connectivity index (χ1) is 19.7. The molecule has 0 bridgehead atoms. The van der Waals surface area contributed by atoms with Crippen LogP contribution in [-0.2, 0) is 30.4 Å². The second-order valence-corrected chi connectivity index (χ2v) is 11.8. The first kappa shape index (κ1) is 26.7. The molecular weight excluding hydrogens is 516 g/mol. The van der Waals surface area contributed by atoms with E-state index in [9.17, 15) is 4.79 Å². The second-order valence-electron chi connectivity index (χ2n) is 11.8. The van der Waals surface area contributed by atoms with Gasteiger partial charge in [-0.25, -0.2) is 4.79 Å². The van der Waals surface area contributed by atoms with Crippen molar-refractivity contribution in [2.45, 2.75) is 77.4 Å². The van der Waals surface area contributed by atoms with Gasteiger partial charge in [-0.05, 0) is 106 Å². The summed E-state index contributed by atoms with van der Waals surface area (Å²) < 4.78 is 6.97. The predicted octanol–water partition coefficient (Wildman–Crippen LogP) is 5.31. The van der Waals surface area contributed by atoms with Gasteiger partial charge in [0.1, 0.15) is 5.60 Å². The molecule has 212 valence electrons. The largest absolute Gasteiger partial charge is 0.444 e. The van der Waals surface area contributed by atoms with Crippen molar-refractivity contribution in [3.8, 4) is 17.1 Å². The molecule has 0 radical (unpaired) electrons. The molecule has 0 aliphatic heterocycles. The minimum atomic E-state index is -0.513. The molecule has 0 fully saturated rings. The van der Waals surface area contributed by atoms with Crippen molar-refractivity contribution in [3.63, 3.8) is 0 Å². The molecule has 2 heterocycles. The van der Waals surface area contributed by atoms with Gasteiger partial charge in [0.2, 0.25) is 11.9 Å². The van der Waals surface area contributed by atoms with Crippen LogP contribution in [0.25, 0.3) is 17.1 Å². The van der Waals surface area contributed by atoms with Gasteiger partial charge >= 0.3 is 6.09 Å². The third-order valence-corrected chi connectivity index (χ3v) is 7.58. The first-order valence-corrected chi connectivity index (χ1v) is 14.3. The normalized spacial score (nSPS) is 16.4. The molecule has 1 amide bonds. The molecule has 6 rings (SSSR count). The summed E-state index contributed by atoms with van der Waals surface area (Å²) in [5.41, 5.74) is 13.7. The zero-order valence-electron chi connectivity index (χ0n) is 23.8. The van der Waals surface area contributed by atoms with E-state index in [1.54, 1.807) is 0 Å². The van der Waals surface area contributed by atoms with Crippen molar-refractivity contribution in [3.05, 3.63) is 70.8 Å². The number of benzene rings is 2. The minimum Gasteiger partial charge on any atom is -0.444 e. The highest BCUT2D eigenvalue weighted by atomic mass is 16.6. The molecule has 4 aromatic rings. The van der Waals surface area contributed by atoms with Gasteiger partial charge < -0.3 is 21.1 Å². The number of carbonyl (C=O) groups excluding carboxylic acids is 1. The van der Waals surface area contributed by atoms with Crippen LogP contribution in [0, 0.1) is 0 Å². The molecule has 0 spiro atoms. The van der Waals surface area contributed by atoms with Crippen LogP contribution in [0.3, 0.4) is 0 Å². The molecule has 2 aliphatic carbocycles. The van der Waals surface area contributed by atoms with E-state index < -0.39 is 5.60 Å². The Balaban J connectivity index is 1.16. The van der Waals surface area contributed by atoms with Crippen molar-refractivity contribution < 1.29 is 9.53 Å². The Hall–Kier alpha value is -4.47. The molecule has 2 aliphatic rings. The van der Waals surface area contributed by atoms with Crippen LogP contribution >= 0.6 is 0 Å². The highest BCUT2D eigenvalue weighted by Crippen LogP contribution is 2.31. The second kappa shape index (κ2) is 10.8. The average Bonchev–Trinajstić information content (AvgIpc) is 3.07. The van der Waals surface area contributed by atoms with Gasteiger partial charge in [0.15, 0.2) is 5.82 Å². The van der Waals surface area contributed by atoms with Crippen LogP contribution < -0.4 is 16.4 Å². The lowest BCUT2D eigenvalue weighted by Crippen LogP contribution is -2.39. The number of aromatic nitrogens is 5. The number of amides is 1. The highest BCUT2D eigenvalue weighted by molar-refractivity contribution is 5.69.